The van der Waals surface area contributed by atoms with E-state index in [4.69, 9.17) is 0 Å². The SMILES string of the molecule is Cc1cc(S(=O)(=O)N(C)Cc2cccc(F)c2)sc1Br. The number of benzene rings is 1. The van der Waals surface area contributed by atoms with Gasteiger partial charge in [0.2, 0.25) is 0 Å². The highest BCUT2D eigenvalue weighted by Crippen LogP contribution is 2.32. The smallest absolute Gasteiger partial charge is 0.207 e. The average Bonchev–Trinajstić information content (AvgIpc) is 2.70. The van der Waals surface area contributed by atoms with Crippen molar-refractivity contribution in [2.24, 2.45) is 0 Å². The zero-order valence-corrected chi connectivity index (χ0v) is 14.1. The summed E-state index contributed by atoms with van der Waals surface area (Å²) in [6, 6.07) is 7.56. The van der Waals surface area contributed by atoms with Gasteiger partial charge in [-0.25, -0.2) is 12.8 Å². The first-order chi connectivity index (χ1) is 9.30. The van der Waals surface area contributed by atoms with Crippen LogP contribution in [-0.2, 0) is 16.6 Å². The topological polar surface area (TPSA) is 37.4 Å². The van der Waals surface area contributed by atoms with Crippen LogP contribution in [0.15, 0.2) is 38.3 Å². The number of aryl methyl sites for hydroxylation is 1. The fraction of sp³-hybridized carbons (Fsp3) is 0.231. The lowest BCUT2D eigenvalue weighted by Crippen LogP contribution is -2.25. The lowest BCUT2D eigenvalue weighted by Gasteiger charge is -2.16. The lowest BCUT2D eigenvalue weighted by atomic mass is 10.2. The van der Waals surface area contributed by atoms with Gasteiger partial charge in [0.05, 0.1) is 3.79 Å². The van der Waals surface area contributed by atoms with Crippen molar-refractivity contribution in [3.63, 3.8) is 0 Å². The second kappa shape index (κ2) is 5.93. The van der Waals surface area contributed by atoms with Crippen molar-refractivity contribution in [1.29, 1.82) is 0 Å². The van der Waals surface area contributed by atoms with E-state index in [1.807, 2.05) is 6.92 Å². The van der Waals surface area contributed by atoms with Crippen LogP contribution >= 0.6 is 27.3 Å². The first-order valence-electron chi connectivity index (χ1n) is 5.77. The van der Waals surface area contributed by atoms with Gasteiger partial charge in [-0.3, -0.25) is 0 Å². The molecule has 0 aliphatic rings. The first-order valence-corrected chi connectivity index (χ1v) is 8.82. The van der Waals surface area contributed by atoms with E-state index >= 15 is 0 Å². The van der Waals surface area contributed by atoms with Gasteiger partial charge in [-0.1, -0.05) is 12.1 Å². The molecule has 108 valence electrons. The molecule has 0 radical (unpaired) electrons. The van der Waals surface area contributed by atoms with E-state index in [0.29, 0.717) is 5.56 Å². The van der Waals surface area contributed by atoms with Crippen molar-refractivity contribution in [1.82, 2.24) is 4.31 Å². The maximum Gasteiger partial charge on any atom is 0.252 e. The quantitative estimate of drug-likeness (QED) is 0.812. The summed E-state index contributed by atoms with van der Waals surface area (Å²) in [6.45, 7) is 1.97. The summed E-state index contributed by atoms with van der Waals surface area (Å²) in [5.41, 5.74) is 1.50. The van der Waals surface area contributed by atoms with Crippen LogP contribution in [0.1, 0.15) is 11.1 Å². The standard InChI is InChI=1S/C13H13BrFNO2S2/c1-9-6-12(19-13(9)14)20(17,18)16(2)8-10-4-3-5-11(15)7-10/h3-7H,8H2,1-2H3. The number of nitrogens with zero attached hydrogens (tertiary/aromatic N) is 1. The predicted octanol–water partition coefficient (Wildman–Crippen LogP) is 3.78. The highest BCUT2D eigenvalue weighted by atomic mass is 79.9. The Morgan fingerprint density at radius 3 is 2.60 bits per heavy atom. The molecule has 0 amide bonds. The van der Waals surface area contributed by atoms with Crippen LogP contribution in [-0.4, -0.2) is 19.8 Å². The normalized spacial score (nSPS) is 12.1. The van der Waals surface area contributed by atoms with Gasteiger partial charge in [0.25, 0.3) is 10.0 Å². The van der Waals surface area contributed by atoms with Crippen LogP contribution in [0.2, 0.25) is 0 Å². The van der Waals surface area contributed by atoms with E-state index in [0.717, 1.165) is 9.35 Å². The number of thiophene rings is 1. The summed E-state index contributed by atoms with van der Waals surface area (Å²) < 4.78 is 40.2. The Morgan fingerprint density at radius 1 is 1.35 bits per heavy atom. The Labute approximate surface area is 130 Å². The molecule has 2 aromatic rings. The summed E-state index contributed by atoms with van der Waals surface area (Å²) in [7, 11) is -2.06. The number of rotatable bonds is 4. The second-order valence-electron chi connectivity index (χ2n) is 4.41. The minimum atomic E-state index is -3.55. The molecule has 0 unspecified atom stereocenters. The maximum absolute atomic E-state index is 13.1. The van der Waals surface area contributed by atoms with Crippen LogP contribution in [0.25, 0.3) is 0 Å². The molecule has 0 spiro atoms. The van der Waals surface area contributed by atoms with Gasteiger partial charge in [0.1, 0.15) is 10.0 Å². The molecule has 0 saturated carbocycles. The Morgan fingerprint density at radius 2 is 2.05 bits per heavy atom. The van der Waals surface area contributed by atoms with E-state index in [2.05, 4.69) is 15.9 Å². The zero-order chi connectivity index (χ0) is 14.9. The Hall–Kier alpha value is -0.760. The van der Waals surface area contributed by atoms with E-state index in [-0.39, 0.29) is 16.6 Å². The Kier molecular flexibility index (Phi) is 4.63. The van der Waals surface area contributed by atoms with E-state index in [9.17, 15) is 12.8 Å². The molecular formula is C13H13BrFNO2S2. The van der Waals surface area contributed by atoms with Gasteiger partial charge in [-0.05, 0) is 52.2 Å². The first kappa shape index (κ1) is 15.6. The highest BCUT2D eigenvalue weighted by molar-refractivity contribution is 9.11. The molecule has 3 nitrogen and oxygen atoms in total. The summed E-state index contributed by atoms with van der Waals surface area (Å²) in [5, 5.41) is 0. The van der Waals surface area contributed by atoms with Crippen LogP contribution in [0.4, 0.5) is 4.39 Å². The Balaban J connectivity index is 2.25. The van der Waals surface area contributed by atoms with Crippen LogP contribution in [0.3, 0.4) is 0 Å². The minimum Gasteiger partial charge on any atom is -0.207 e. The van der Waals surface area contributed by atoms with E-state index in [1.165, 1.54) is 34.8 Å². The van der Waals surface area contributed by atoms with Gasteiger partial charge in [-0.2, -0.15) is 4.31 Å². The third kappa shape index (κ3) is 3.28. The summed E-state index contributed by atoms with van der Waals surface area (Å²) in [4.78, 5) is 0. The molecule has 0 saturated heterocycles. The fourth-order valence-corrected chi connectivity index (χ4v) is 5.29. The maximum atomic E-state index is 13.1. The molecule has 0 atom stereocenters. The fourth-order valence-electron chi connectivity index (χ4n) is 1.69. The molecule has 1 aromatic carbocycles. The highest BCUT2D eigenvalue weighted by Gasteiger charge is 2.23. The molecule has 7 heteroatoms. The van der Waals surface area contributed by atoms with Crippen molar-refractivity contribution in [3.8, 4) is 0 Å². The van der Waals surface area contributed by atoms with E-state index < -0.39 is 10.0 Å². The molecular weight excluding hydrogens is 365 g/mol. The summed E-state index contributed by atoms with van der Waals surface area (Å²) >= 11 is 4.50. The molecule has 20 heavy (non-hydrogen) atoms. The molecule has 0 bridgehead atoms. The Bertz CT molecular complexity index is 708. The summed E-state index contributed by atoms with van der Waals surface area (Å²) in [5.74, 6) is -0.372. The van der Waals surface area contributed by atoms with Crippen molar-refractivity contribution < 1.29 is 12.8 Å². The van der Waals surface area contributed by atoms with Crippen molar-refractivity contribution in [2.75, 3.05) is 7.05 Å². The number of hydrogen-bond acceptors (Lipinski definition) is 3. The number of sulfonamides is 1. The molecule has 1 aromatic heterocycles. The number of hydrogen-bond donors (Lipinski definition) is 0. The van der Waals surface area contributed by atoms with Crippen LogP contribution in [0.5, 0.6) is 0 Å². The second-order valence-corrected chi connectivity index (χ2v) is 9.05. The third-order valence-electron chi connectivity index (χ3n) is 2.79. The minimum absolute atomic E-state index is 0.134. The number of halogens is 2. The lowest BCUT2D eigenvalue weighted by molar-refractivity contribution is 0.467. The largest absolute Gasteiger partial charge is 0.252 e. The van der Waals surface area contributed by atoms with Gasteiger partial charge in [-0.15, -0.1) is 11.3 Å². The average molecular weight is 378 g/mol. The van der Waals surface area contributed by atoms with Gasteiger partial charge in [0, 0.05) is 13.6 Å². The van der Waals surface area contributed by atoms with Crippen molar-refractivity contribution in [3.05, 3.63) is 51.1 Å². The van der Waals surface area contributed by atoms with E-state index in [1.54, 1.807) is 18.2 Å². The molecule has 0 N–H and O–H groups in total. The van der Waals surface area contributed by atoms with Gasteiger partial charge >= 0.3 is 0 Å². The molecule has 0 fully saturated rings. The van der Waals surface area contributed by atoms with Gasteiger partial charge < -0.3 is 0 Å². The molecule has 0 aliphatic heterocycles. The van der Waals surface area contributed by atoms with Crippen molar-refractivity contribution >= 4 is 37.3 Å². The molecule has 2 rings (SSSR count). The van der Waals surface area contributed by atoms with Crippen molar-refractivity contribution in [2.45, 2.75) is 17.7 Å². The van der Waals surface area contributed by atoms with Gasteiger partial charge in [0.15, 0.2) is 0 Å². The van der Waals surface area contributed by atoms with Crippen LogP contribution in [0, 0.1) is 12.7 Å². The summed E-state index contributed by atoms with van der Waals surface area (Å²) in [6.07, 6.45) is 0. The third-order valence-corrected chi connectivity index (χ3v) is 7.18. The predicted molar refractivity (Wildman–Crippen MR) is 81.8 cm³/mol. The molecule has 0 aliphatic carbocycles. The zero-order valence-electron chi connectivity index (χ0n) is 10.9. The molecule has 1 heterocycles. The monoisotopic (exact) mass is 377 g/mol. The van der Waals surface area contributed by atoms with Crippen LogP contribution < -0.4 is 0 Å².